The van der Waals surface area contributed by atoms with Crippen molar-refractivity contribution in [1.82, 2.24) is 19.5 Å². The molecule has 0 unspecified atom stereocenters. The Morgan fingerprint density at radius 2 is 2.04 bits per heavy atom. The Morgan fingerprint density at radius 3 is 2.78 bits per heavy atom. The second kappa shape index (κ2) is 8.69. The molecule has 1 aliphatic carbocycles. The normalized spacial score (nSPS) is 22.1. The summed E-state index contributed by atoms with van der Waals surface area (Å²) >= 11 is 0. The van der Waals surface area contributed by atoms with Crippen LogP contribution in [-0.2, 0) is 0 Å². The topological polar surface area (TPSA) is 110 Å². The Kier molecular flexibility index (Phi) is 6.31. The SMILES string of the molecule is CCCCCCCCC[C@@]1(CO)C=C[C@H](n2cnc3c(=O)[nH]c(N)nc32)C1. The number of imidazole rings is 1. The Labute approximate surface area is 159 Å². The van der Waals surface area contributed by atoms with E-state index in [-0.39, 0.29) is 29.6 Å². The summed E-state index contributed by atoms with van der Waals surface area (Å²) in [5, 5.41) is 10.0. The van der Waals surface area contributed by atoms with Crippen LogP contribution in [0, 0.1) is 5.41 Å². The van der Waals surface area contributed by atoms with Gasteiger partial charge in [0.05, 0.1) is 19.0 Å². The first-order valence-corrected chi connectivity index (χ1v) is 10.1. The zero-order valence-corrected chi connectivity index (χ0v) is 16.2. The molecule has 0 amide bonds. The molecule has 0 aliphatic heterocycles. The molecule has 0 aromatic carbocycles. The molecule has 27 heavy (non-hydrogen) atoms. The van der Waals surface area contributed by atoms with Crippen molar-refractivity contribution in [3.63, 3.8) is 0 Å². The Morgan fingerprint density at radius 1 is 1.30 bits per heavy atom. The summed E-state index contributed by atoms with van der Waals surface area (Å²) in [6.45, 7) is 2.37. The number of aliphatic hydroxyl groups excluding tert-OH is 1. The summed E-state index contributed by atoms with van der Waals surface area (Å²) in [5.41, 5.74) is 5.96. The van der Waals surface area contributed by atoms with Gasteiger partial charge in [-0.2, -0.15) is 4.98 Å². The van der Waals surface area contributed by atoms with Crippen LogP contribution >= 0.6 is 0 Å². The van der Waals surface area contributed by atoms with Gasteiger partial charge < -0.3 is 15.4 Å². The lowest BCUT2D eigenvalue weighted by molar-refractivity contribution is 0.146. The predicted octanol–water partition coefficient (Wildman–Crippen LogP) is 3.32. The summed E-state index contributed by atoms with van der Waals surface area (Å²) in [6, 6.07) is 0.0282. The number of allylic oxidation sites excluding steroid dienone is 1. The van der Waals surface area contributed by atoms with Crippen LogP contribution in [0.15, 0.2) is 23.3 Å². The number of fused-ring (bicyclic) bond motifs is 1. The molecule has 0 spiro atoms. The minimum atomic E-state index is -0.324. The zero-order chi connectivity index (χ0) is 19.3. The first-order valence-electron chi connectivity index (χ1n) is 10.1. The molecule has 0 bridgehead atoms. The Balaban J connectivity index is 1.61. The molecule has 2 heterocycles. The van der Waals surface area contributed by atoms with E-state index >= 15 is 0 Å². The maximum Gasteiger partial charge on any atom is 0.280 e. The van der Waals surface area contributed by atoms with E-state index in [9.17, 15) is 9.90 Å². The van der Waals surface area contributed by atoms with Gasteiger partial charge in [-0.1, -0.05) is 64.0 Å². The fourth-order valence-corrected chi connectivity index (χ4v) is 4.06. The third kappa shape index (κ3) is 4.40. The number of aromatic nitrogens is 4. The maximum absolute atomic E-state index is 12.0. The van der Waals surface area contributed by atoms with E-state index in [0.29, 0.717) is 11.2 Å². The molecule has 3 rings (SSSR count). The third-order valence-corrected chi connectivity index (χ3v) is 5.69. The second-order valence-electron chi connectivity index (χ2n) is 7.80. The average molecular weight is 374 g/mol. The van der Waals surface area contributed by atoms with Crippen molar-refractivity contribution in [2.24, 2.45) is 5.41 Å². The Hall–Kier alpha value is -2.15. The van der Waals surface area contributed by atoms with Crippen LogP contribution in [0.1, 0.15) is 70.8 Å². The molecule has 7 nitrogen and oxygen atoms in total. The number of hydrogen-bond donors (Lipinski definition) is 3. The number of anilines is 1. The molecule has 2 atom stereocenters. The number of unbranched alkanes of at least 4 members (excludes halogenated alkanes) is 6. The number of nitrogen functional groups attached to an aromatic ring is 1. The molecule has 2 aromatic heterocycles. The summed E-state index contributed by atoms with van der Waals surface area (Å²) in [5.74, 6) is 0.0905. The molecule has 148 valence electrons. The number of H-pyrrole nitrogens is 1. The average Bonchev–Trinajstić information content (AvgIpc) is 3.26. The molecule has 4 N–H and O–H groups in total. The van der Waals surface area contributed by atoms with Crippen LogP contribution < -0.4 is 11.3 Å². The summed E-state index contributed by atoms with van der Waals surface area (Å²) < 4.78 is 1.89. The summed E-state index contributed by atoms with van der Waals surface area (Å²) in [7, 11) is 0. The number of rotatable bonds is 10. The van der Waals surface area contributed by atoms with Crippen molar-refractivity contribution >= 4 is 17.1 Å². The highest BCUT2D eigenvalue weighted by atomic mass is 16.3. The highest BCUT2D eigenvalue weighted by Gasteiger charge is 2.35. The van der Waals surface area contributed by atoms with Crippen molar-refractivity contribution in [1.29, 1.82) is 0 Å². The molecule has 0 saturated heterocycles. The van der Waals surface area contributed by atoms with Gasteiger partial charge in [-0.15, -0.1) is 0 Å². The number of hydrogen-bond acceptors (Lipinski definition) is 5. The van der Waals surface area contributed by atoms with Crippen molar-refractivity contribution in [2.45, 2.75) is 70.8 Å². The van der Waals surface area contributed by atoms with Crippen LogP contribution in [0.25, 0.3) is 11.2 Å². The Bertz CT molecular complexity index is 840. The van der Waals surface area contributed by atoms with E-state index in [0.717, 1.165) is 19.3 Å². The van der Waals surface area contributed by atoms with E-state index in [2.05, 4.69) is 34.0 Å². The van der Waals surface area contributed by atoms with Crippen LogP contribution in [0.3, 0.4) is 0 Å². The second-order valence-corrected chi connectivity index (χ2v) is 7.80. The van der Waals surface area contributed by atoms with Crippen LogP contribution in [0.4, 0.5) is 5.95 Å². The van der Waals surface area contributed by atoms with E-state index < -0.39 is 0 Å². The van der Waals surface area contributed by atoms with Gasteiger partial charge in [-0.05, 0) is 12.8 Å². The van der Waals surface area contributed by atoms with Crippen LogP contribution in [0.5, 0.6) is 0 Å². The van der Waals surface area contributed by atoms with Gasteiger partial charge in [0.25, 0.3) is 5.56 Å². The largest absolute Gasteiger partial charge is 0.395 e. The predicted molar refractivity (Wildman–Crippen MR) is 107 cm³/mol. The highest BCUT2D eigenvalue weighted by Crippen LogP contribution is 2.42. The van der Waals surface area contributed by atoms with Gasteiger partial charge in [0.15, 0.2) is 11.2 Å². The number of aliphatic hydroxyl groups is 1. The maximum atomic E-state index is 12.0. The molecule has 2 aromatic rings. The first kappa shape index (κ1) is 19.6. The third-order valence-electron chi connectivity index (χ3n) is 5.69. The standard InChI is InChI=1S/C20H31N5O2/c1-2-3-4-5-6-7-8-10-20(13-26)11-9-15(12-20)25-14-22-16-17(25)23-19(21)24-18(16)27/h9,11,14-15,26H,2-8,10,12-13H2,1H3,(H3,21,23,24,27)/t15-,20+/m0/s1. The van der Waals surface area contributed by atoms with Gasteiger partial charge in [-0.3, -0.25) is 9.78 Å². The number of nitrogens with one attached hydrogen (secondary N) is 1. The quantitative estimate of drug-likeness (QED) is 0.437. The molecule has 0 fully saturated rings. The molecular formula is C20H31N5O2. The van der Waals surface area contributed by atoms with Crippen molar-refractivity contribution < 1.29 is 5.11 Å². The lowest BCUT2D eigenvalue weighted by atomic mass is 9.82. The fraction of sp³-hybridized carbons (Fsp3) is 0.650. The van der Waals surface area contributed by atoms with Crippen LogP contribution in [-0.4, -0.2) is 31.2 Å². The summed E-state index contributed by atoms with van der Waals surface area (Å²) in [6.07, 6.45) is 16.5. The lowest BCUT2D eigenvalue weighted by Gasteiger charge is -2.26. The van der Waals surface area contributed by atoms with Gasteiger partial charge in [0, 0.05) is 5.41 Å². The molecule has 0 radical (unpaired) electrons. The lowest BCUT2D eigenvalue weighted by Crippen LogP contribution is -2.23. The van der Waals surface area contributed by atoms with E-state index in [1.165, 1.54) is 38.5 Å². The van der Waals surface area contributed by atoms with Gasteiger partial charge in [0.1, 0.15) is 0 Å². The van der Waals surface area contributed by atoms with Crippen molar-refractivity contribution in [2.75, 3.05) is 12.3 Å². The van der Waals surface area contributed by atoms with Gasteiger partial charge in [-0.25, -0.2) is 4.98 Å². The fourth-order valence-electron chi connectivity index (χ4n) is 4.06. The minimum Gasteiger partial charge on any atom is -0.395 e. The molecular weight excluding hydrogens is 342 g/mol. The smallest absolute Gasteiger partial charge is 0.280 e. The van der Waals surface area contributed by atoms with Crippen molar-refractivity contribution in [3.8, 4) is 0 Å². The van der Waals surface area contributed by atoms with E-state index in [4.69, 9.17) is 5.73 Å². The highest BCUT2D eigenvalue weighted by molar-refractivity contribution is 5.70. The van der Waals surface area contributed by atoms with Crippen LogP contribution in [0.2, 0.25) is 0 Å². The zero-order valence-electron chi connectivity index (χ0n) is 16.2. The van der Waals surface area contributed by atoms with E-state index in [1.807, 2.05) is 4.57 Å². The van der Waals surface area contributed by atoms with Crippen molar-refractivity contribution in [3.05, 3.63) is 28.8 Å². The number of nitrogens with two attached hydrogens (primary N) is 1. The van der Waals surface area contributed by atoms with E-state index in [1.54, 1.807) is 6.33 Å². The van der Waals surface area contributed by atoms with Gasteiger partial charge >= 0.3 is 0 Å². The number of aromatic amines is 1. The minimum absolute atomic E-state index is 0.0282. The summed E-state index contributed by atoms with van der Waals surface area (Å²) in [4.78, 5) is 22.9. The molecule has 1 aliphatic rings. The van der Waals surface area contributed by atoms with Gasteiger partial charge in [0.2, 0.25) is 5.95 Å². The molecule has 7 heteroatoms. The monoisotopic (exact) mass is 373 g/mol. The first-order chi connectivity index (χ1) is 13.1. The number of nitrogens with zero attached hydrogens (tertiary/aromatic N) is 3. The molecule has 0 saturated carbocycles.